The van der Waals surface area contributed by atoms with E-state index in [1.165, 1.54) is 31.2 Å². The van der Waals surface area contributed by atoms with Crippen LogP contribution in [0.3, 0.4) is 0 Å². The molecule has 4 rings (SSSR count). The van der Waals surface area contributed by atoms with Crippen LogP contribution in [-0.4, -0.2) is 59.2 Å². The zero-order valence-corrected chi connectivity index (χ0v) is 14.6. The first-order valence-electron chi connectivity index (χ1n) is 9.05. The Morgan fingerprint density at radius 1 is 1.17 bits per heavy atom. The molecule has 0 aromatic carbocycles. The summed E-state index contributed by atoms with van der Waals surface area (Å²) < 4.78 is 5.57. The van der Waals surface area contributed by atoms with Crippen LogP contribution >= 0.6 is 0 Å². The van der Waals surface area contributed by atoms with Crippen molar-refractivity contribution in [2.75, 3.05) is 32.6 Å². The lowest BCUT2D eigenvalue weighted by Crippen LogP contribution is -2.36. The van der Waals surface area contributed by atoms with Crippen LogP contribution in [0, 0.1) is 0 Å². The number of aromatic amines is 1. The number of rotatable bonds is 4. The van der Waals surface area contributed by atoms with Gasteiger partial charge in [0, 0.05) is 30.8 Å². The summed E-state index contributed by atoms with van der Waals surface area (Å²) in [7, 11) is 4.37. The third-order valence-corrected chi connectivity index (χ3v) is 5.64. The second-order valence-electron chi connectivity index (χ2n) is 7.36. The molecule has 2 aliphatic rings. The van der Waals surface area contributed by atoms with Gasteiger partial charge in [-0.3, -0.25) is 0 Å². The maximum absolute atomic E-state index is 5.57. The molecule has 0 amide bonds. The van der Waals surface area contributed by atoms with Crippen LogP contribution in [-0.2, 0) is 4.74 Å². The fraction of sp³-hybridized carbons (Fsp3) is 0.667. The Morgan fingerprint density at radius 2 is 2.00 bits per heavy atom. The van der Waals surface area contributed by atoms with Gasteiger partial charge in [-0.2, -0.15) is 0 Å². The van der Waals surface area contributed by atoms with Gasteiger partial charge in [0.1, 0.15) is 17.8 Å². The van der Waals surface area contributed by atoms with Crippen molar-refractivity contribution >= 4 is 16.9 Å². The number of nitrogens with one attached hydrogen (secondary N) is 2. The molecule has 6 heteroatoms. The monoisotopic (exact) mass is 329 g/mol. The quantitative estimate of drug-likeness (QED) is 0.903. The highest BCUT2D eigenvalue weighted by atomic mass is 16.5. The summed E-state index contributed by atoms with van der Waals surface area (Å²) >= 11 is 0. The first kappa shape index (κ1) is 15.8. The molecule has 3 heterocycles. The van der Waals surface area contributed by atoms with E-state index in [0.717, 1.165) is 36.5 Å². The van der Waals surface area contributed by atoms with Crippen LogP contribution in [0.15, 0.2) is 12.5 Å². The van der Waals surface area contributed by atoms with E-state index in [2.05, 4.69) is 45.5 Å². The molecule has 1 atom stereocenters. The maximum atomic E-state index is 5.57. The number of anilines is 1. The van der Waals surface area contributed by atoms with E-state index < -0.39 is 0 Å². The number of aromatic nitrogens is 3. The summed E-state index contributed by atoms with van der Waals surface area (Å²) in [5, 5.41) is 4.86. The van der Waals surface area contributed by atoms with Gasteiger partial charge in [0.2, 0.25) is 0 Å². The molecule has 2 N–H and O–H groups in total. The Hall–Kier alpha value is -1.66. The van der Waals surface area contributed by atoms with Crippen LogP contribution in [0.4, 0.5) is 5.82 Å². The number of nitrogens with zero attached hydrogens (tertiary/aromatic N) is 3. The van der Waals surface area contributed by atoms with Crippen molar-refractivity contribution in [3.05, 3.63) is 18.1 Å². The molecular formula is C18H27N5O. The molecule has 0 radical (unpaired) electrons. The second-order valence-corrected chi connectivity index (χ2v) is 7.36. The van der Waals surface area contributed by atoms with Gasteiger partial charge < -0.3 is 19.9 Å². The number of ether oxygens (including phenoxy) is 1. The molecule has 1 saturated heterocycles. The Kier molecular flexibility index (Phi) is 4.41. The topological polar surface area (TPSA) is 66.1 Å². The largest absolute Gasteiger partial charge is 0.381 e. The van der Waals surface area contributed by atoms with E-state index >= 15 is 0 Å². The van der Waals surface area contributed by atoms with Gasteiger partial charge in [0.25, 0.3) is 0 Å². The molecule has 6 nitrogen and oxygen atoms in total. The first-order valence-corrected chi connectivity index (χ1v) is 9.05. The molecular weight excluding hydrogens is 302 g/mol. The minimum absolute atomic E-state index is 0.453. The lowest BCUT2D eigenvalue weighted by atomic mass is 9.90. The van der Waals surface area contributed by atoms with E-state index in [1.54, 1.807) is 6.33 Å². The predicted octanol–water partition coefficient (Wildman–Crippen LogP) is 2.75. The van der Waals surface area contributed by atoms with Crippen LogP contribution < -0.4 is 5.32 Å². The zero-order chi connectivity index (χ0) is 16.5. The molecule has 2 fully saturated rings. The average Bonchev–Trinajstić information content (AvgIpc) is 3.25. The summed E-state index contributed by atoms with van der Waals surface area (Å²) in [5.41, 5.74) is 2.23. The highest BCUT2D eigenvalue weighted by Crippen LogP contribution is 2.34. The Labute approximate surface area is 143 Å². The minimum Gasteiger partial charge on any atom is -0.381 e. The molecule has 24 heavy (non-hydrogen) atoms. The van der Waals surface area contributed by atoms with Gasteiger partial charge in [-0.25, -0.2) is 9.97 Å². The van der Waals surface area contributed by atoms with E-state index in [9.17, 15) is 0 Å². The van der Waals surface area contributed by atoms with Crippen LogP contribution in [0.1, 0.15) is 43.6 Å². The van der Waals surface area contributed by atoms with Crippen molar-refractivity contribution in [1.29, 1.82) is 0 Å². The van der Waals surface area contributed by atoms with Crippen molar-refractivity contribution in [3.63, 3.8) is 0 Å². The summed E-state index contributed by atoms with van der Waals surface area (Å²) in [4.78, 5) is 14.6. The molecule has 130 valence electrons. The summed E-state index contributed by atoms with van der Waals surface area (Å²) in [5.74, 6) is 1.44. The van der Waals surface area contributed by atoms with Crippen molar-refractivity contribution in [2.24, 2.45) is 0 Å². The van der Waals surface area contributed by atoms with Crippen molar-refractivity contribution in [3.8, 4) is 0 Å². The fourth-order valence-corrected chi connectivity index (χ4v) is 4.13. The van der Waals surface area contributed by atoms with Crippen molar-refractivity contribution in [1.82, 2.24) is 19.9 Å². The Bertz CT molecular complexity index is 684. The van der Waals surface area contributed by atoms with E-state index in [4.69, 9.17) is 4.74 Å². The molecule has 0 bridgehead atoms. The smallest absolute Gasteiger partial charge is 0.143 e. The number of hydrogen-bond donors (Lipinski definition) is 2. The van der Waals surface area contributed by atoms with E-state index in [0.29, 0.717) is 18.0 Å². The lowest BCUT2D eigenvalue weighted by Gasteiger charge is -2.33. The maximum Gasteiger partial charge on any atom is 0.143 e. The number of fused-ring (bicyclic) bond motifs is 1. The highest BCUT2D eigenvalue weighted by Gasteiger charge is 2.26. The van der Waals surface area contributed by atoms with Crippen LogP contribution in [0.25, 0.3) is 11.0 Å². The number of H-pyrrole nitrogens is 1. The molecule has 1 saturated carbocycles. The SMILES string of the molecule is CN(C)C1CCC(Nc2ncnc3[nH]cc([C@H]4CCOC4)c23)CC1. The molecule has 2 aromatic rings. The van der Waals surface area contributed by atoms with Crippen molar-refractivity contribution in [2.45, 2.75) is 50.1 Å². The van der Waals surface area contributed by atoms with Gasteiger partial charge in [-0.05, 0) is 51.8 Å². The highest BCUT2D eigenvalue weighted by molar-refractivity contribution is 5.91. The normalized spacial score (nSPS) is 27.9. The minimum atomic E-state index is 0.453. The Morgan fingerprint density at radius 3 is 2.71 bits per heavy atom. The first-order chi connectivity index (χ1) is 11.7. The van der Waals surface area contributed by atoms with Crippen LogP contribution in [0.5, 0.6) is 0 Å². The molecule has 1 aliphatic carbocycles. The van der Waals surface area contributed by atoms with Crippen molar-refractivity contribution < 1.29 is 4.74 Å². The zero-order valence-electron chi connectivity index (χ0n) is 14.6. The lowest BCUT2D eigenvalue weighted by molar-refractivity contribution is 0.194. The van der Waals surface area contributed by atoms with Gasteiger partial charge in [0.05, 0.1) is 12.0 Å². The third kappa shape index (κ3) is 3.00. The summed E-state index contributed by atoms with van der Waals surface area (Å²) in [6, 6.07) is 1.22. The van der Waals surface area contributed by atoms with Gasteiger partial charge in [0.15, 0.2) is 0 Å². The fourth-order valence-electron chi connectivity index (χ4n) is 4.13. The summed E-state index contributed by atoms with van der Waals surface area (Å²) in [6.07, 6.45) is 9.70. The molecule has 0 spiro atoms. The summed E-state index contributed by atoms with van der Waals surface area (Å²) in [6.45, 7) is 1.65. The van der Waals surface area contributed by atoms with Crippen LogP contribution in [0.2, 0.25) is 0 Å². The number of hydrogen-bond acceptors (Lipinski definition) is 5. The average molecular weight is 329 g/mol. The standard InChI is InChI=1S/C18H27N5O/c1-23(2)14-5-3-13(4-6-14)22-18-16-15(12-7-8-24-10-12)9-19-17(16)20-11-21-18/h9,11-14H,3-8,10H2,1-2H3,(H2,19,20,21,22)/t12-,13?,14?/m0/s1. The predicted molar refractivity (Wildman–Crippen MR) is 95.4 cm³/mol. The molecule has 2 aromatic heterocycles. The Balaban J connectivity index is 1.55. The van der Waals surface area contributed by atoms with E-state index in [1.807, 2.05) is 0 Å². The third-order valence-electron chi connectivity index (χ3n) is 5.64. The van der Waals surface area contributed by atoms with Gasteiger partial charge >= 0.3 is 0 Å². The van der Waals surface area contributed by atoms with Gasteiger partial charge in [-0.1, -0.05) is 0 Å². The van der Waals surface area contributed by atoms with Gasteiger partial charge in [-0.15, -0.1) is 0 Å². The van der Waals surface area contributed by atoms with E-state index in [-0.39, 0.29) is 0 Å². The molecule has 0 unspecified atom stereocenters. The molecule has 1 aliphatic heterocycles. The second kappa shape index (κ2) is 6.69.